The minimum Gasteiger partial charge on any atom is -0.348 e. The number of nitrogens with zero attached hydrogens (tertiary/aromatic N) is 2. The molecule has 0 unspecified atom stereocenters. The van der Waals surface area contributed by atoms with Gasteiger partial charge in [0, 0.05) is 35.3 Å². The molecule has 2 heterocycles. The molecule has 4 nitrogen and oxygen atoms in total. The minimum atomic E-state index is -0.0977. The lowest BCUT2D eigenvalue weighted by Crippen LogP contribution is -2.17. The van der Waals surface area contributed by atoms with Crippen molar-refractivity contribution in [1.29, 1.82) is 0 Å². The van der Waals surface area contributed by atoms with E-state index in [1.807, 2.05) is 66.7 Å². The smallest absolute Gasteiger partial charge is 0.256 e. The van der Waals surface area contributed by atoms with Gasteiger partial charge in [-0.2, -0.15) is 0 Å². The van der Waals surface area contributed by atoms with Crippen molar-refractivity contribution in [3.8, 4) is 11.3 Å². The quantitative estimate of drug-likeness (QED) is 0.471. The fourth-order valence-electron chi connectivity index (χ4n) is 3.80. The molecule has 1 aliphatic heterocycles. The van der Waals surface area contributed by atoms with Crippen molar-refractivity contribution >= 4 is 38.8 Å². The van der Waals surface area contributed by atoms with E-state index in [2.05, 4.69) is 15.6 Å². The zero-order valence-electron chi connectivity index (χ0n) is 16.0. The molecular formula is C24H21N3OS. The second kappa shape index (κ2) is 7.68. The molecule has 4 aromatic rings. The van der Waals surface area contributed by atoms with E-state index in [9.17, 15) is 4.79 Å². The highest BCUT2D eigenvalue weighted by molar-refractivity contribution is 7.14. The summed E-state index contributed by atoms with van der Waals surface area (Å²) in [5, 5.41) is 8.25. The normalized spacial score (nSPS) is 13.7. The first kappa shape index (κ1) is 17.9. The summed E-state index contributed by atoms with van der Waals surface area (Å²) in [6.07, 6.45) is 2.50. The van der Waals surface area contributed by atoms with Gasteiger partial charge in [-0.3, -0.25) is 4.79 Å². The number of hydrogen-bond acceptors (Lipinski definition) is 4. The molecular weight excluding hydrogens is 378 g/mol. The lowest BCUT2D eigenvalue weighted by Gasteiger charge is -2.12. The topological polar surface area (TPSA) is 45.2 Å². The average Bonchev–Trinajstić information content (AvgIpc) is 3.46. The van der Waals surface area contributed by atoms with Gasteiger partial charge in [0.2, 0.25) is 0 Å². The van der Waals surface area contributed by atoms with Crippen LogP contribution < -0.4 is 10.2 Å². The highest BCUT2D eigenvalue weighted by Gasteiger charge is 2.16. The molecule has 0 radical (unpaired) electrons. The summed E-state index contributed by atoms with van der Waals surface area (Å²) in [6.45, 7) is 2.21. The highest BCUT2D eigenvalue weighted by atomic mass is 32.1. The SMILES string of the molecule is O=C(Nc1ccc(-c2csc(N3CCCC3)n2)cc1)c1cccc2ccccc12. The number of carbonyl (C=O) groups excluding carboxylic acids is 1. The third kappa shape index (κ3) is 3.61. The van der Waals surface area contributed by atoms with Crippen LogP contribution in [0.1, 0.15) is 23.2 Å². The summed E-state index contributed by atoms with van der Waals surface area (Å²) in [5.74, 6) is -0.0977. The second-order valence-corrected chi connectivity index (χ2v) is 8.10. The summed E-state index contributed by atoms with van der Waals surface area (Å²) in [4.78, 5) is 20.0. The van der Waals surface area contributed by atoms with Gasteiger partial charge in [0.05, 0.1) is 5.69 Å². The van der Waals surface area contributed by atoms with Crippen LogP contribution in [-0.4, -0.2) is 24.0 Å². The zero-order valence-corrected chi connectivity index (χ0v) is 16.8. The lowest BCUT2D eigenvalue weighted by atomic mass is 10.0. The lowest BCUT2D eigenvalue weighted by molar-refractivity contribution is 0.102. The van der Waals surface area contributed by atoms with Gasteiger partial charge in [0.1, 0.15) is 0 Å². The maximum atomic E-state index is 12.8. The Kier molecular flexibility index (Phi) is 4.74. The number of amides is 1. The predicted molar refractivity (Wildman–Crippen MR) is 121 cm³/mol. The third-order valence-corrected chi connectivity index (χ3v) is 6.24. The minimum absolute atomic E-state index is 0.0977. The molecule has 1 aliphatic rings. The van der Waals surface area contributed by atoms with Crippen molar-refractivity contribution in [2.24, 2.45) is 0 Å². The standard InChI is InChI=1S/C24H21N3OS/c28-23(21-9-5-7-17-6-1-2-8-20(17)21)25-19-12-10-18(11-13-19)22-16-29-24(26-22)27-14-3-4-15-27/h1-2,5-13,16H,3-4,14-15H2,(H,25,28). The monoisotopic (exact) mass is 399 g/mol. The molecule has 0 aliphatic carbocycles. The summed E-state index contributed by atoms with van der Waals surface area (Å²) >= 11 is 1.70. The Morgan fingerprint density at radius 1 is 0.931 bits per heavy atom. The molecule has 5 rings (SSSR count). The number of hydrogen-bond donors (Lipinski definition) is 1. The maximum Gasteiger partial charge on any atom is 0.256 e. The van der Waals surface area contributed by atoms with Gasteiger partial charge in [0.25, 0.3) is 5.91 Å². The van der Waals surface area contributed by atoms with E-state index in [4.69, 9.17) is 4.98 Å². The number of nitrogens with one attached hydrogen (secondary N) is 1. The number of anilines is 2. The van der Waals surface area contributed by atoms with Crippen LogP contribution in [0.15, 0.2) is 72.1 Å². The van der Waals surface area contributed by atoms with Crippen molar-refractivity contribution < 1.29 is 4.79 Å². The van der Waals surface area contributed by atoms with Gasteiger partial charge >= 0.3 is 0 Å². The number of carbonyl (C=O) groups is 1. The number of fused-ring (bicyclic) bond motifs is 1. The molecule has 3 aromatic carbocycles. The number of benzene rings is 3. The van der Waals surface area contributed by atoms with Gasteiger partial charge in [-0.1, -0.05) is 48.5 Å². The summed E-state index contributed by atoms with van der Waals surface area (Å²) in [5.41, 5.74) is 3.52. The Bertz CT molecular complexity index is 1150. The summed E-state index contributed by atoms with van der Waals surface area (Å²) in [7, 11) is 0. The molecule has 1 N–H and O–H groups in total. The fourth-order valence-corrected chi connectivity index (χ4v) is 4.69. The number of thiazole rings is 1. The predicted octanol–water partition coefficient (Wildman–Crippen LogP) is 5.82. The molecule has 0 atom stereocenters. The molecule has 0 bridgehead atoms. The summed E-state index contributed by atoms with van der Waals surface area (Å²) in [6, 6.07) is 21.6. The Hall–Kier alpha value is -3.18. The first-order chi connectivity index (χ1) is 14.3. The van der Waals surface area contributed by atoms with Crippen LogP contribution in [0.25, 0.3) is 22.0 Å². The van der Waals surface area contributed by atoms with Gasteiger partial charge < -0.3 is 10.2 Å². The Labute approximate surface area is 173 Å². The molecule has 5 heteroatoms. The van der Waals surface area contributed by atoms with E-state index in [0.717, 1.165) is 45.9 Å². The Balaban J connectivity index is 1.33. The molecule has 1 aromatic heterocycles. The van der Waals surface area contributed by atoms with Crippen molar-refractivity contribution in [2.75, 3.05) is 23.3 Å². The van der Waals surface area contributed by atoms with E-state index in [-0.39, 0.29) is 5.91 Å². The highest BCUT2D eigenvalue weighted by Crippen LogP contribution is 2.30. The van der Waals surface area contributed by atoms with Crippen LogP contribution in [-0.2, 0) is 0 Å². The van der Waals surface area contributed by atoms with E-state index in [1.54, 1.807) is 11.3 Å². The Morgan fingerprint density at radius 3 is 2.52 bits per heavy atom. The molecule has 29 heavy (non-hydrogen) atoms. The van der Waals surface area contributed by atoms with Crippen LogP contribution in [0, 0.1) is 0 Å². The van der Waals surface area contributed by atoms with Gasteiger partial charge in [0.15, 0.2) is 5.13 Å². The molecule has 144 valence electrons. The second-order valence-electron chi connectivity index (χ2n) is 7.27. The fraction of sp³-hybridized carbons (Fsp3) is 0.167. The van der Waals surface area contributed by atoms with Crippen molar-refractivity contribution in [3.63, 3.8) is 0 Å². The number of aromatic nitrogens is 1. The van der Waals surface area contributed by atoms with Crippen LogP contribution in [0.5, 0.6) is 0 Å². The van der Waals surface area contributed by atoms with E-state index >= 15 is 0 Å². The van der Waals surface area contributed by atoms with E-state index in [1.165, 1.54) is 12.8 Å². The third-order valence-electron chi connectivity index (χ3n) is 5.34. The maximum absolute atomic E-state index is 12.8. The average molecular weight is 400 g/mol. The van der Waals surface area contributed by atoms with E-state index < -0.39 is 0 Å². The molecule has 1 amide bonds. The van der Waals surface area contributed by atoms with Crippen LogP contribution >= 0.6 is 11.3 Å². The van der Waals surface area contributed by atoms with Crippen LogP contribution in [0.2, 0.25) is 0 Å². The van der Waals surface area contributed by atoms with Crippen LogP contribution in [0.3, 0.4) is 0 Å². The molecule has 1 fully saturated rings. The van der Waals surface area contributed by atoms with Crippen molar-refractivity contribution in [2.45, 2.75) is 12.8 Å². The molecule has 0 spiro atoms. The largest absolute Gasteiger partial charge is 0.348 e. The Morgan fingerprint density at radius 2 is 1.69 bits per heavy atom. The molecule has 1 saturated heterocycles. The van der Waals surface area contributed by atoms with Crippen LogP contribution in [0.4, 0.5) is 10.8 Å². The van der Waals surface area contributed by atoms with E-state index in [0.29, 0.717) is 5.56 Å². The zero-order chi connectivity index (χ0) is 19.6. The van der Waals surface area contributed by atoms with Gasteiger partial charge in [-0.25, -0.2) is 4.98 Å². The van der Waals surface area contributed by atoms with Crippen molar-refractivity contribution in [3.05, 3.63) is 77.7 Å². The first-order valence-electron chi connectivity index (χ1n) is 9.88. The first-order valence-corrected chi connectivity index (χ1v) is 10.8. The summed E-state index contributed by atoms with van der Waals surface area (Å²) < 4.78 is 0. The van der Waals surface area contributed by atoms with Gasteiger partial charge in [-0.15, -0.1) is 11.3 Å². The van der Waals surface area contributed by atoms with Gasteiger partial charge in [-0.05, 0) is 41.8 Å². The number of rotatable bonds is 4. The van der Waals surface area contributed by atoms with Crippen molar-refractivity contribution in [1.82, 2.24) is 4.98 Å². The molecule has 0 saturated carbocycles.